The van der Waals surface area contributed by atoms with E-state index in [9.17, 15) is 0 Å². The minimum atomic E-state index is 0.613. The maximum absolute atomic E-state index is 6.05. The molecule has 1 aromatic rings. The Morgan fingerprint density at radius 1 is 1.20 bits per heavy atom. The van der Waals surface area contributed by atoms with Crippen LogP contribution in [0.5, 0.6) is 0 Å². The first kappa shape index (κ1) is 14.6. The Kier molecular flexibility index (Phi) is 7.63. The van der Waals surface area contributed by atoms with Crippen molar-refractivity contribution in [3.05, 3.63) is 28.2 Å². The zero-order valence-corrected chi connectivity index (χ0v) is 11.4. The summed E-state index contributed by atoms with van der Waals surface area (Å²) in [6, 6.07) is 5.69. The second kappa shape index (κ2) is 7.84. The summed E-state index contributed by atoms with van der Waals surface area (Å²) in [7, 11) is 2.01. The average Bonchev–Trinajstić information content (AvgIpc) is 2.25. The lowest BCUT2D eigenvalue weighted by molar-refractivity contribution is 0.852. The number of hydrogen-bond acceptors (Lipinski definition) is 1. The maximum atomic E-state index is 6.05. The van der Waals surface area contributed by atoms with Crippen molar-refractivity contribution in [2.45, 2.75) is 27.2 Å². The molecule has 0 aliphatic heterocycles. The van der Waals surface area contributed by atoms with Crippen LogP contribution in [0.3, 0.4) is 0 Å². The van der Waals surface area contributed by atoms with E-state index in [-0.39, 0.29) is 0 Å². The summed E-state index contributed by atoms with van der Waals surface area (Å²) < 4.78 is 0. The highest BCUT2D eigenvalue weighted by Gasteiger charge is 2.07. The largest absolute Gasteiger partial charge is 0.373 e. The molecule has 0 amide bonds. The first-order valence-electron chi connectivity index (χ1n) is 5.32. The van der Waals surface area contributed by atoms with Gasteiger partial charge < -0.3 is 4.90 Å². The molecule has 0 aliphatic rings. The fourth-order valence-electron chi connectivity index (χ4n) is 1.24. The lowest BCUT2D eigenvalue weighted by Crippen LogP contribution is -2.17. The number of anilines is 1. The van der Waals surface area contributed by atoms with Crippen molar-refractivity contribution >= 4 is 28.9 Å². The molecule has 0 saturated carbocycles. The van der Waals surface area contributed by atoms with Crippen molar-refractivity contribution in [1.29, 1.82) is 0 Å². The van der Waals surface area contributed by atoms with Crippen LogP contribution in [0.2, 0.25) is 10.0 Å². The first-order chi connectivity index (χ1) is 7.16. The summed E-state index contributed by atoms with van der Waals surface area (Å²) in [5, 5.41) is 1.25. The van der Waals surface area contributed by atoms with E-state index in [0.717, 1.165) is 18.7 Å². The van der Waals surface area contributed by atoms with Gasteiger partial charge in [0.05, 0.1) is 15.7 Å². The van der Waals surface area contributed by atoms with Gasteiger partial charge in [0, 0.05) is 13.6 Å². The molecule has 0 atom stereocenters. The van der Waals surface area contributed by atoms with Gasteiger partial charge in [-0.2, -0.15) is 0 Å². The topological polar surface area (TPSA) is 3.24 Å². The fraction of sp³-hybridized carbons (Fsp3) is 0.500. The van der Waals surface area contributed by atoms with Crippen molar-refractivity contribution in [2.75, 3.05) is 18.5 Å². The molecule has 0 bridgehead atoms. The molecule has 0 unspecified atom stereocenters. The van der Waals surface area contributed by atoms with Crippen LogP contribution in [0.25, 0.3) is 0 Å². The summed E-state index contributed by atoms with van der Waals surface area (Å²) in [5.74, 6) is 0. The Labute approximate surface area is 103 Å². The quantitative estimate of drug-likeness (QED) is 0.737. The molecule has 0 fully saturated rings. The Hall–Kier alpha value is -0.400. The molecule has 86 valence electrons. The molecule has 15 heavy (non-hydrogen) atoms. The highest BCUT2D eigenvalue weighted by atomic mass is 35.5. The molecular weight excluding hydrogens is 229 g/mol. The number of rotatable bonds is 3. The zero-order valence-electron chi connectivity index (χ0n) is 9.85. The van der Waals surface area contributed by atoms with Gasteiger partial charge in [-0.1, -0.05) is 50.0 Å². The minimum absolute atomic E-state index is 0.613. The highest BCUT2D eigenvalue weighted by molar-refractivity contribution is 6.43. The van der Waals surface area contributed by atoms with Crippen LogP contribution in [0, 0.1) is 0 Å². The summed E-state index contributed by atoms with van der Waals surface area (Å²) in [5.41, 5.74) is 0.996. The summed E-state index contributed by atoms with van der Waals surface area (Å²) in [4.78, 5) is 2.11. The molecule has 3 heteroatoms. The van der Waals surface area contributed by atoms with Crippen LogP contribution in [-0.2, 0) is 0 Å². The molecule has 0 spiro atoms. The Bertz CT molecular complexity index is 287. The standard InChI is InChI=1S/C10H13Cl2N.C2H6/c1-3-7-13(2)9-6-4-5-8(11)10(9)12;1-2/h4-6H,3,7H2,1-2H3;1-2H3. The second-order valence-corrected chi connectivity index (χ2v) is 3.78. The van der Waals surface area contributed by atoms with Gasteiger partial charge in [-0.3, -0.25) is 0 Å². The van der Waals surface area contributed by atoms with Crippen molar-refractivity contribution in [3.63, 3.8) is 0 Å². The molecule has 1 nitrogen and oxygen atoms in total. The van der Waals surface area contributed by atoms with Crippen LogP contribution in [0.15, 0.2) is 18.2 Å². The lowest BCUT2D eigenvalue weighted by atomic mass is 10.3. The van der Waals surface area contributed by atoms with Crippen molar-refractivity contribution < 1.29 is 0 Å². The second-order valence-electron chi connectivity index (χ2n) is 2.99. The predicted octanol–water partition coefficient (Wildman–Crippen LogP) is 4.87. The highest BCUT2D eigenvalue weighted by Crippen LogP contribution is 2.31. The molecule has 1 rings (SSSR count). The van der Waals surface area contributed by atoms with Crippen molar-refractivity contribution in [1.82, 2.24) is 0 Å². The monoisotopic (exact) mass is 247 g/mol. The zero-order chi connectivity index (χ0) is 11.8. The van der Waals surface area contributed by atoms with E-state index in [0.29, 0.717) is 10.0 Å². The summed E-state index contributed by atoms with van der Waals surface area (Å²) >= 11 is 11.9. The van der Waals surface area contributed by atoms with Gasteiger partial charge in [-0.15, -0.1) is 0 Å². The van der Waals surface area contributed by atoms with E-state index in [2.05, 4.69) is 11.8 Å². The average molecular weight is 248 g/mol. The lowest BCUT2D eigenvalue weighted by Gasteiger charge is -2.19. The normalized spacial score (nSPS) is 9.20. The number of halogens is 2. The molecule has 0 radical (unpaired) electrons. The van der Waals surface area contributed by atoms with Crippen molar-refractivity contribution in [2.24, 2.45) is 0 Å². The number of hydrogen-bond donors (Lipinski definition) is 0. The third kappa shape index (κ3) is 4.31. The van der Waals surface area contributed by atoms with E-state index >= 15 is 0 Å². The van der Waals surface area contributed by atoms with Gasteiger partial charge >= 0.3 is 0 Å². The van der Waals surface area contributed by atoms with Crippen LogP contribution in [0.1, 0.15) is 27.2 Å². The maximum Gasteiger partial charge on any atom is 0.0825 e. The van der Waals surface area contributed by atoms with Crippen LogP contribution >= 0.6 is 23.2 Å². The van der Waals surface area contributed by atoms with E-state index in [1.165, 1.54) is 0 Å². The SMILES string of the molecule is CC.CCCN(C)c1cccc(Cl)c1Cl. The number of benzene rings is 1. The third-order valence-electron chi connectivity index (χ3n) is 1.90. The summed E-state index contributed by atoms with van der Waals surface area (Å²) in [6.07, 6.45) is 1.10. The Balaban J connectivity index is 0.000000921. The molecule has 0 aliphatic carbocycles. The van der Waals surface area contributed by atoms with Gasteiger partial charge in [-0.05, 0) is 18.6 Å². The predicted molar refractivity (Wildman–Crippen MR) is 71.4 cm³/mol. The van der Waals surface area contributed by atoms with Crippen LogP contribution in [-0.4, -0.2) is 13.6 Å². The molecule has 0 N–H and O–H groups in total. The van der Waals surface area contributed by atoms with Crippen molar-refractivity contribution in [3.8, 4) is 0 Å². The Morgan fingerprint density at radius 3 is 2.33 bits per heavy atom. The Morgan fingerprint density at radius 2 is 1.80 bits per heavy atom. The van der Waals surface area contributed by atoms with Gasteiger partial charge in [-0.25, -0.2) is 0 Å². The van der Waals surface area contributed by atoms with Gasteiger partial charge in [0.15, 0.2) is 0 Å². The van der Waals surface area contributed by atoms with E-state index < -0.39 is 0 Å². The van der Waals surface area contributed by atoms with Gasteiger partial charge in [0.2, 0.25) is 0 Å². The van der Waals surface area contributed by atoms with Crippen LogP contribution < -0.4 is 4.90 Å². The molecular formula is C12H19Cl2N. The molecule has 0 saturated heterocycles. The molecule has 0 heterocycles. The summed E-state index contributed by atoms with van der Waals surface area (Å²) in [6.45, 7) is 7.12. The smallest absolute Gasteiger partial charge is 0.0825 e. The van der Waals surface area contributed by atoms with Crippen LogP contribution in [0.4, 0.5) is 5.69 Å². The van der Waals surface area contributed by atoms with Gasteiger partial charge in [0.25, 0.3) is 0 Å². The first-order valence-corrected chi connectivity index (χ1v) is 6.07. The molecule has 0 aromatic heterocycles. The fourth-order valence-corrected chi connectivity index (χ4v) is 1.68. The van der Waals surface area contributed by atoms with E-state index in [4.69, 9.17) is 23.2 Å². The van der Waals surface area contributed by atoms with Gasteiger partial charge in [0.1, 0.15) is 0 Å². The number of nitrogens with zero attached hydrogens (tertiary/aromatic N) is 1. The third-order valence-corrected chi connectivity index (χ3v) is 2.71. The van der Waals surface area contributed by atoms with E-state index in [1.807, 2.05) is 33.0 Å². The van der Waals surface area contributed by atoms with E-state index in [1.54, 1.807) is 6.07 Å². The molecule has 1 aromatic carbocycles. The minimum Gasteiger partial charge on any atom is -0.373 e.